The number of carbonyl (C=O) groups is 2. The highest BCUT2D eigenvalue weighted by atomic mass is 79.9. The number of halogens is 1. The average molecular weight is 333 g/mol. The first-order valence-corrected chi connectivity index (χ1v) is 6.74. The van der Waals surface area contributed by atoms with Crippen molar-refractivity contribution in [2.45, 2.75) is 6.92 Å². The molecule has 0 spiro atoms. The average Bonchev–Trinajstić information content (AvgIpc) is 2.41. The molecule has 102 valence electrons. The molecule has 0 heterocycles. The summed E-state index contributed by atoms with van der Waals surface area (Å²) in [5.74, 6) is -0.876. The molecule has 20 heavy (non-hydrogen) atoms. The van der Waals surface area contributed by atoms with Crippen LogP contribution in [-0.4, -0.2) is 11.8 Å². The molecule has 2 rings (SSSR count). The quantitative estimate of drug-likeness (QED) is 0.906. The van der Waals surface area contributed by atoms with Crippen molar-refractivity contribution < 1.29 is 9.59 Å². The van der Waals surface area contributed by atoms with Crippen LogP contribution in [0.2, 0.25) is 0 Å². The fraction of sp³-hybridized carbons (Fsp3) is 0.0667. The monoisotopic (exact) mass is 332 g/mol. The number of carbonyl (C=O) groups excluding carboxylic acids is 2. The number of hydrogen-bond donors (Lipinski definition) is 2. The number of hydrogen-bond acceptors (Lipinski definition) is 2. The first-order chi connectivity index (χ1) is 9.49. The molecule has 0 atom stereocenters. The van der Waals surface area contributed by atoms with E-state index in [9.17, 15) is 9.59 Å². The summed E-state index contributed by atoms with van der Waals surface area (Å²) in [5.41, 5.74) is 7.44. The molecule has 0 fully saturated rings. The zero-order valence-electron chi connectivity index (χ0n) is 10.8. The Labute approximate surface area is 125 Å². The number of primary amides is 1. The van der Waals surface area contributed by atoms with Crippen molar-refractivity contribution in [1.82, 2.24) is 0 Å². The highest BCUT2D eigenvalue weighted by Gasteiger charge is 2.14. The van der Waals surface area contributed by atoms with Crippen LogP contribution in [0.5, 0.6) is 0 Å². The van der Waals surface area contributed by atoms with Crippen LogP contribution in [0.4, 0.5) is 5.69 Å². The second kappa shape index (κ2) is 5.88. The van der Waals surface area contributed by atoms with Crippen LogP contribution in [0.1, 0.15) is 26.3 Å². The normalized spacial score (nSPS) is 10.1. The standard InChI is InChI=1S/C15H13BrN2O2/c1-9-6-7-12(16)11(8-9)15(20)18-13-5-3-2-4-10(13)14(17)19/h2-8H,1H3,(H2,17,19)(H,18,20). The smallest absolute Gasteiger partial charge is 0.256 e. The molecule has 0 unspecified atom stereocenters. The van der Waals surface area contributed by atoms with E-state index in [1.807, 2.05) is 19.1 Å². The molecule has 0 radical (unpaired) electrons. The van der Waals surface area contributed by atoms with E-state index >= 15 is 0 Å². The number of rotatable bonds is 3. The minimum Gasteiger partial charge on any atom is -0.366 e. The van der Waals surface area contributed by atoms with Gasteiger partial charge in [-0.2, -0.15) is 0 Å². The minimum atomic E-state index is -0.579. The number of para-hydroxylation sites is 1. The lowest BCUT2D eigenvalue weighted by molar-refractivity contribution is 0.100. The first kappa shape index (κ1) is 14.3. The van der Waals surface area contributed by atoms with Crippen LogP contribution in [0.3, 0.4) is 0 Å². The van der Waals surface area contributed by atoms with E-state index in [0.29, 0.717) is 15.7 Å². The maximum absolute atomic E-state index is 12.3. The van der Waals surface area contributed by atoms with Crippen molar-refractivity contribution >= 4 is 33.4 Å². The first-order valence-electron chi connectivity index (χ1n) is 5.95. The molecular weight excluding hydrogens is 320 g/mol. The number of anilines is 1. The van der Waals surface area contributed by atoms with E-state index in [1.165, 1.54) is 0 Å². The van der Waals surface area contributed by atoms with E-state index < -0.39 is 5.91 Å². The molecular formula is C15H13BrN2O2. The second-order valence-electron chi connectivity index (χ2n) is 4.35. The van der Waals surface area contributed by atoms with Gasteiger partial charge >= 0.3 is 0 Å². The second-order valence-corrected chi connectivity index (χ2v) is 5.20. The maximum Gasteiger partial charge on any atom is 0.256 e. The van der Waals surface area contributed by atoms with Gasteiger partial charge < -0.3 is 11.1 Å². The van der Waals surface area contributed by atoms with Gasteiger partial charge in [0.15, 0.2) is 0 Å². The van der Waals surface area contributed by atoms with Gasteiger partial charge in [-0.25, -0.2) is 0 Å². The van der Waals surface area contributed by atoms with Gasteiger partial charge in [0.25, 0.3) is 11.8 Å². The summed E-state index contributed by atoms with van der Waals surface area (Å²) in [4.78, 5) is 23.6. The number of nitrogens with two attached hydrogens (primary N) is 1. The summed E-state index contributed by atoms with van der Waals surface area (Å²) >= 11 is 3.34. The van der Waals surface area contributed by atoms with E-state index in [1.54, 1.807) is 30.3 Å². The van der Waals surface area contributed by atoms with E-state index in [0.717, 1.165) is 5.56 Å². The number of benzene rings is 2. The molecule has 0 saturated carbocycles. The Kier molecular flexibility index (Phi) is 4.20. The lowest BCUT2D eigenvalue weighted by Crippen LogP contribution is -2.18. The van der Waals surface area contributed by atoms with Crippen molar-refractivity contribution in [1.29, 1.82) is 0 Å². The highest BCUT2D eigenvalue weighted by Crippen LogP contribution is 2.21. The van der Waals surface area contributed by atoms with Crippen LogP contribution in [0.25, 0.3) is 0 Å². The van der Waals surface area contributed by atoms with Gasteiger partial charge in [-0.1, -0.05) is 23.8 Å². The van der Waals surface area contributed by atoms with Gasteiger partial charge in [0.2, 0.25) is 0 Å². The zero-order chi connectivity index (χ0) is 14.7. The van der Waals surface area contributed by atoms with Gasteiger partial charge in [0, 0.05) is 4.47 Å². The topological polar surface area (TPSA) is 72.2 Å². The molecule has 0 aliphatic heterocycles. The molecule has 4 nitrogen and oxygen atoms in total. The molecule has 5 heteroatoms. The number of nitrogens with one attached hydrogen (secondary N) is 1. The number of amides is 2. The van der Waals surface area contributed by atoms with Crippen LogP contribution in [-0.2, 0) is 0 Å². The zero-order valence-corrected chi connectivity index (χ0v) is 12.4. The van der Waals surface area contributed by atoms with Crippen molar-refractivity contribution in [3.63, 3.8) is 0 Å². The predicted octanol–water partition coefficient (Wildman–Crippen LogP) is 3.11. The molecule has 2 amide bonds. The Bertz CT molecular complexity index is 683. The van der Waals surface area contributed by atoms with Crippen LogP contribution < -0.4 is 11.1 Å². The summed E-state index contributed by atoms with van der Waals surface area (Å²) in [7, 11) is 0. The third-order valence-electron chi connectivity index (χ3n) is 2.81. The Morgan fingerprint density at radius 1 is 1.10 bits per heavy atom. The summed E-state index contributed by atoms with van der Waals surface area (Å²) < 4.78 is 0.692. The molecule has 0 saturated heterocycles. The summed E-state index contributed by atoms with van der Waals surface area (Å²) in [6.45, 7) is 1.90. The molecule has 2 aromatic rings. The fourth-order valence-corrected chi connectivity index (χ4v) is 2.24. The van der Waals surface area contributed by atoms with Gasteiger partial charge in [-0.15, -0.1) is 0 Å². The largest absolute Gasteiger partial charge is 0.366 e. The van der Waals surface area contributed by atoms with Crippen LogP contribution in [0, 0.1) is 6.92 Å². The van der Waals surface area contributed by atoms with Crippen LogP contribution >= 0.6 is 15.9 Å². The van der Waals surface area contributed by atoms with Gasteiger partial charge in [-0.3, -0.25) is 9.59 Å². The van der Waals surface area contributed by atoms with E-state index in [4.69, 9.17) is 5.73 Å². The molecule has 2 aromatic carbocycles. The van der Waals surface area contributed by atoms with Crippen molar-refractivity contribution in [3.05, 3.63) is 63.6 Å². The maximum atomic E-state index is 12.3. The van der Waals surface area contributed by atoms with E-state index in [2.05, 4.69) is 21.2 Å². The predicted molar refractivity (Wildman–Crippen MR) is 81.8 cm³/mol. The molecule has 0 aliphatic carbocycles. The number of aryl methyl sites for hydroxylation is 1. The van der Waals surface area contributed by atoms with Gasteiger partial charge in [0.1, 0.15) is 0 Å². The van der Waals surface area contributed by atoms with Crippen molar-refractivity contribution in [2.75, 3.05) is 5.32 Å². The third-order valence-corrected chi connectivity index (χ3v) is 3.50. The van der Waals surface area contributed by atoms with E-state index in [-0.39, 0.29) is 11.5 Å². The van der Waals surface area contributed by atoms with Crippen molar-refractivity contribution in [2.24, 2.45) is 5.73 Å². The molecule has 3 N–H and O–H groups in total. The molecule has 0 aliphatic rings. The SMILES string of the molecule is Cc1ccc(Br)c(C(=O)Nc2ccccc2C(N)=O)c1. The van der Waals surface area contributed by atoms with Gasteiger partial charge in [0.05, 0.1) is 16.8 Å². The van der Waals surface area contributed by atoms with Gasteiger partial charge in [-0.05, 0) is 47.1 Å². The highest BCUT2D eigenvalue weighted by molar-refractivity contribution is 9.10. The Morgan fingerprint density at radius 3 is 2.50 bits per heavy atom. The summed E-state index contributed by atoms with van der Waals surface area (Å²) in [5, 5.41) is 2.71. The lowest BCUT2D eigenvalue weighted by atomic mass is 10.1. The molecule has 0 aromatic heterocycles. The van der Waals surface area contributed by atoms with Crippen LogP contribution in [0.15, 0.2) is 46.9 Å². The Balaban J connectivity index is 2.33. The third kappa shape index (κ3) is 3.05. The summed E-state index contributed by atoms with van der Waals surface area (Å²) in [6.07, 6.45) is 0. The Morgan fingerprint density at radius 2 is 1.80 bits per heavy atom. The Hall–Kier alpha value is -2.14. The summed E-state index contributed by atoms with van der Waals surface area (Å²) in [6, 6.07) is 12.1. The minimum absolute atomic E-state index is 0.282. The lowest BCUT2D eigenvalue weighted by Gasteiger charge is -2.10. The fourth-order valence-electron chi connectivity index (χ4n) is 1.81. The van der Waals surface area contributed by atoms with Crippen molar-refractivity contribution in [3.8, 4) is 0 Å². The molecule has 0 bridgehead atoms.